The second-order valence-electron chi connectivity index (χ2n) is 6.29. The standard InChI is InChI=1S/C18H21N3O5/c22-15(12-21-16(23)5-6-17(21)24)19-14-3-1-13(2-4-14)11-18(25)20-7-9-26-10-8-20/h1-4H,5-12H2,(H,19,22). The lowest BCUT2D eigenvalue weighted by molar-refractivity contribution is -0.141. The van der Waals surface area contributed by atoms with Crippen LogP contribution in [0.4, 0.5) is 5.69 Å². The molecule has 4 amide bonds. The van der Waals surface area contributed by atoms with E-state index in [4.69, 9.17) is 4.74 Å². The van der Waals surface area contributed by atoms with Crippen molar-refractivity contribution in [2.45, 2.75) is 19.3 Å². The number of rotatable bonds is 5. The van der Waals surface area contributed by atoms with E-state index in [0.717, 1.165) is 10.5 Å². The molecule has 8 nitrogen and oxygen atoms in total. The first-order chi connectivity index (χ1) is 12.5. The summed E-state index contributed by atoms with van der Waals surface area (Å²) < 4.78 is 5.23. The summed E-state index contributed by atoms with van der Waals surface area (Å²) in [5.74, 6) is -1.01. The van der Waals surface area contributed by atoms with Gasteiger partial charge in [0, 0.05) is 31.6 Å². The third kappa shape index (κ3) is 4.45. The lowest BCUT2D eigenvalue weighted by Crippen LogP contribution is -2.41. The topological polar surface area (TPSA) is 96.0 Å². The molecule has 2 fully saturated rings. The normalized spacial score (nSPS) is 17.5. The Morgan fingerprint density at radius 2 is 1.62 bits per heavy atom. The molecule has 2 aliphatic heterocycles. The predicted octanol–water partition coefficient (Wildman–Crippen LogP) is 0.175. The largest absolute Gasteiger partial charge is 0.378 e. The van der Waals surface area contributed by atoms with Crippen molar-refractivity contribution in [3.8, 4) is 0 Å². The van der Waals surface area contributed by atoms with E-state index < -0.39 is 5.91 Å². The monoisotopic (exact) mass is 359 g/mol. The number of benzene rings is 1. The highest BCUT2D eigenvalue weighted by Crippen LogP contribution is 2.14. The highest BCUT2D eigenvalue weighted by Gasteiger charge is 2.30. The number of ether oxygens (including phenoxy) is 1. The molecule has 0 aromatic heterocycles. The Balaban J connectivity index is 1.50. The molecule has 2 saturated heterocycles. The Labute approximate surface area is 151 Å². The molecular formula is C18H21N3O5. The fourth-order valence-corrected chi connectivity index (χ4v) is 2.95. The van der Waals surface area contributed by atoms with Crippen LogP contribution in [0.1, 0.15) is 18.4 Å². The smallest absolute Gasteiger partial charge is 0.244 e. The van der Waals surface area contributed by atoms with Crippen LogP contribution in [-0.2, 0) is 30.3 Å². The predicted molar refractivity (Wildman–Crippen MR) is 92.1 cm³/mol. The molecule has 1 N–H and O–H groups in total. The van der Waals surface area contributed by atoms with Gasteiger partial charge in [-0.1, -0.05) is 12.1 Å². The van der Waals surface area contributed by atoms with E-state index in [1.165, 1.54) is 0 Å². The van der Waals surface area contributed by atoms with Crippen LogP contribution in [0.3, 0.4) is 0 Å². The first kappa shape index (κ1) is 18.1. The molecule has 0 radical (unpaired) electrons. The van der Waals surface area contributed by atoms with Crippen LogP contribution in [-0.4, -0.2) is 66.3 Å². The summed E-state index contributed by atoms with van der Waals surface area (Å²) >= 11 is 0. The van der Waals surface area contributed by atoms with Crippen LogP contribution in [0.25, 0.3) is 0 Å². The summed E-state index contributed by atoms with van der Waals surface area (Å²) in [7, 11) is 0. The minimum Gasteiger partial charge on any atom is -0.378 e. The van der Waals surface area contributed by atoms with Gasteiger partial charge in [0.05, 0.1) is 19.6 Å². The average molecular weight is 359 g/mol. The molecule has 2 heterocycles. The maximum atomic E-state index is 12.2. The highest BCUT2D eigenvalue weighted by atomic mass is 16.5. The van der Waals surface area contributed by atoms with E-state index in [2.05, 4.69) is 5.32 Å². The number of morpholine rings is 1. The fourth-order valence-electron chi connectivity index (χ4n) is 2.95. The molecule has 0 bridgehead atoms. The summed E-state index contributed by atoms with van der Waals surface area (Å²) in [6, 6.07) is 6.96. The summed E-state index contributed by atoms with van der Waals surface area (Å²) in [4.78, 5) is 50.0. The number of likely N-dealkylation sites (tertiary alicyclic amines) is 1. The SMILES string of the molecule is O=C(CN1C(=O)CCC1=O)Nc1ccc(CC(=O)N2CCOCC2)cc1. The van der Waals surface area contributed by atoms with E-state index in [1.807, 2.05) is 0 Å². The molecule has 26 heavy (non-hydrogen) atoms. The second-order valence-corrected chi connectivity index (χ2v) is 6.29. The molecule has 2 aliphatic rings. The minimum absolute atomic E-state index is 0.0520. The van der Waals surface area contributed by atoms with Crippen LogP contribution >= 0.6 is 0 Å². The van der Waals surface area contributed by atoms with Crippen LogP contribution in [0, 0.1) is 0 Å². The Morgan fingerprint density at radius 1 is 1.00 bits per heavy atom. The third-order valence-corrected chi connectivity index (χ3v) is 4.41. The maximum absolute atomic E-state index is 12.2. The zero-order valence-electron chi connectivity index (χ0n) is 14.4. The molecule has 0 saturated carbocycles. The van der Waals surface area contributed by atoms with Gasteiger partial charge >= 0.3 is 0 Å². The van der Waals surface area contributed by atoms with Gasteiger partial charge in [0.15, 0.2) is 0 Å². The number of hydrogen-bond donors (Lipinski definition) is 1. The summed E-state index contributed by atoms with van der Waals surface area (Å²) in [5, 5.41) is 2.66. The molecule has 3 rings (SSSR count). The van der Waals surface area contributed by atoms with E-state index in [-0.39, 0.29) is 37.1 Å². The van der Waals surface area contributed by atoms with E-state index in [0.29, 0.717) is 38.4 Å². The number of anilines is 1. The Morgan fingerprint density at radius 3 is 2.23 bits per heavy atom. The number of nitrogens with one attached hydrogen (secondary N) is 1. The Hall–Kier alpha value is -2.74. The molecule has 8 heteroatoms. The molecule has 138 valence electrons. The zero-order valence-corrected chi connectivity index (χ0v) is 14.4. The quantitative estimate of drug-likeness (QED) is 0.757. The molecular weight excluding hydrogens is 338 g/mol. The van der Waals surface area contributed by atoms with Gasteiger partial charge in [-0.2, -0.15) is 0 Å². The first-order valence-electron chi connectivity index (χ1n) is 8.60. The van der Waals surface area contributed by atoms with Crippen molar-refractivity contribution in [2.24, 2.45) is 0 Å². The van der Waals surface area contributed by atoms with Crippen molar-refractivity contribution >= 4 is 29.3 Å². The van der Waals surface area contributed by atoms with Gasteiger partial charge in [-0.05, 0) is 17.7 Å². The van der Waals surface area contributed by atoms with E-state index in [1.54, 1.807) is 29.2 Å². The van der Waals surface area contributed by atoms with Gasteiger partial charge in [-0.25, -0.2) is 0 Å². The van der Waals surface area contributed by atoms with Gasteiger partial charge in [0.1, 0.15) is 6.54 Å². The molecule has 0 aliphatic carbocycles. The van der Waals surface area contributed by atoms with Gasteiger partial charge in [0.25, 0.3) is 0 Å². The number of amides is 4. The van der Waals surface area contributed by atoms with Crippen LogP contribution in [0.15, 0.2) is 24.3 Å². The van der Waals surface area contributed by atoms with Crippen LogP contribution in [0.2, 0.25) is 0 Å². The highest BCUT2D eigenvalue weighted by molar-refractivity contribution is 6.06. The molecule has 1 aromatic rings. The Kier molecular flexibility index (Phi) is 5.62. The van der Waals surface area contributed by atoms with E-state index >= 15 is 0 Å². The van der Waals surface area contributed by atoms with Gasteiger partial charge < -0.3 is 15.0 Å². The lowest BCUT2D eigenvalue weighted by Gasteiger charge is -2.26. The number of carbonyl (C=O) groups excluding carboxylic acids is 4. The summed E-state index contributed by atoms with van der Waals surface area (Å²) in [5.41, 5.74) is 1.40. The van der Waals surface area contributed by atoms with Crippen molar-refractivity contribution in [3.05, 3.63) is 29.8 Å². The van der Waals surface area contributed by atoms with Crippen LogP contribution < -0.4 is 5.32 Å². The van der Waals surface area contributed by atoms with Crippen molar-refractivity contribution < 1.29 is 23.9 Å². The second kappa shape index (κ2) is 8.09. The van der Waals surface area contributed by atoms with E-state index in [9.17, 15) is 19.2 Å². The van der Waals surface area contributed by atoms with Gasteiger partial charge in [0.2, 0.25) is 23.6 Å². The van der Waals surface area contributed by atoms with Gasteiger partial charge in [-0.3, -0.25) is 24.1 Å². The molecule has 0 unspecified atom stereocenters. The number of imide groups is 1. The van der Waals surface area contributed by atoms with Gasteiger partial charge in [-0.15, -0.1) is 0 Å². The minimum atomic E-state index is -0.425. The summed E-state index contributed by atoms with van der Waals surface area (Å²) in [6.07, 6.45) is 0.626. The molecule has 0 spiro atoms. The number of nitrogens with zero attached hydrogens (tertiary/aromatic N) is 2. The lowest BCUT2D eigenvalue weighted by atomic mass is 10.1. The average Bonchev–Trinajstić information content (AvgIpc) is 2.96. The first-order valence-corrected chi connectivity index (χ1v) is 8.60. The van der Waals surface area contributed by atoms with Crippen LogP contribution in [0.5, 0.6) is 0 Å². The maximum Gasteiger partial charge on any atom is 0.244 e. The summed E-state index contributed by atoms with van der Waals surface area (Å²) in [6.45, 7) is 2.09. The van der Waals surface area contributed by atoms with Crippen molar-refractivity contribution in [3.63, 3.8) is 0 Å². The van der Waals surface area contributed by atoms with Crippen molar-refractivity contribution in [2.75, 3.05) is 38.2 Å². The zero-order chi connectivity index (χ0) is 18.5. The third-order valence-electron chi connectivity index (χ3n) is 4.41. The number of hydrogen-bond acceptors (Lipinski definition) is 5. The molecule has 0 atom stereocenters. The van der Waals surface area contributed by atoms with Crippen molar-refractivity contribution in [1.29, 1.82) is 0 Å². The van der Waals surface area contributed by atoms with Crippen molar-refractivity contribution in [1.82, 2.24) is 9.80 Å². The molecule has 1 aromatic carbocycles. The number of carbonyl (C=O) groups is 4. The Bertz CT molecular complexity index is 694. The fraction of sp³-hybridized carbons (Fsp3) is 0.444.